The van der Waals surface area contributed by atoms with Gasteiger partial charge in [0.05, 0.1) is 5.56 Å². The molecule has 7 heteroatoms. The number of carbonyl (C=O) groups excluding carboxylic acids is 1. The van der Waals surface area contributed by atoms with Crippen LogP contribution in [0.4, 0.5) is 13.2 Å². The lowest BCUT2D eigenvalue weighted by Crippen LogP contribution is -2.61. The Morgan fingerprint density at radius 1 is 1.30 bits per heavy atom. The Balaban J connectivity index is 1.52. The normalized spacial score (nSPS) is 21.4. The van der Waals surface area contributed by atoms with E-state index in [-0.39, 0.29) is 5.41 Å². The van der Waals surface area contributed by atoms with Gasteiger partial charge in [0, 0.05) is 37.3 Å². The van der Waals surface area contributed by atoms with Crippen LogP contribution in [0.5, 0.6) is 0 Å². The molecule has 0 bridgehead atoms. The van der Waals surface area contributed by atoms with E-state index in [1.807, 2.05) is 0 Å². The second kappa shape index (κ2) is 4.43. The number of hydrogen-bond acceptors (Lipinski definition) is 3. The Labute approximate surface area is 114 Å². The number of hydrogen-bond donors (Lipinski definition) is 0. The van der Waals surface area contributed by atoms with Crippen LogP contribution in [0.1, 0.15) is 24.2 Å². The predicted octanol–water partition coefficient (Wildman–Crippen LogP) is 1.91. The first-order chi connectivity index (χ1) is 9.40. The molecule has 108 valence electrons. The summed E-state index contributed by atoms with van der Waals surface area (Å²) >= 11 is 0. The van der Waals surface area contributed by atoms with Crippen LogP contribution >= 0.6 is 0 Å². The first kappa shape index (κ1) is 13.3. The van der Waals surface area contributed by atoms with Crippen LogP contribution < -0.4 is 0 Å². The summed E-state index contributed by atoms with van der Waals surface area (Å²) in [5.74, 6) is 0.880. The lowest BCUT2D eigenvalue weighted by molar-refractivity contribution is -0.141. The second-order valence-corrected chi connectivity index (χ2v) is 5.87. The van der Waals surface area contributed by atoms with E-state index in [1.54, 1.807) is 4.90 Å². The highest BCUT2D eigenvalue weighted by Crippen LogP contribution is 2.52. The van der Waals surface area contributed by atoms with Crippen molar-refractivity contribution in [3.63, 3.8) is 0 Å². The van der Waals surface area contributed by atoms with Crippen molar-refractivity contribution in [2.45, 2.75) is 25.4 Å². The zero-order valence-corrected chi connectivity index (χ0v) is 10.7. The quantitative estimate of drug-likeness (QED) is 0.797. The fraction of sp³-hybridized carbons (Fsp3) is 0.615. The molecule has 4 nitrogen and oxygen atoms in total. The van der Waals surface area contributed by atoms with Crippen molar-refractivity contribution in [2.75, 3.05) is 13.1 Å². The molecule has 1 saturated carbocycles. The largest absolute Gasteiger partial charge is 0.419 e. The lowest BCUT2D eigenvalue weighted by Gasteiger charge is -2.58. The highest BCUT2D eigenvalue weighted by Gasteiger charge is 2.51. The van der Waals surface area contributed by atoms with Crippen molar-refractivity contribution < 1.29 is 18.0 Å². The minimum Gasteiger partial charge on any atom is -0.344 e. The number of nitrogens with zero attached hydrogens (tertiary/aromatic N) is 3. The molecule has 0 unspecified atom stereocenters. The van der Waals surface area contributed by atoms with E-state index >= 15 is 0 Å². The van der Waals surface area contributed by atoms with E-state index in [0.29, 0.717) is 18.2 Å². The third-order valence-corrected chi connectivity index (χ3v) is 4.17. The van der Waals surface area contributed by atoms with E-state index in [0.717, 1.165) is 44.7 Å². The zero-order valence-electron chi connectivity index (χ0n) is 10.7. The standard InChI is InChI=1S/C13H14F3N3O/c14-13(15,16)10-4-17-11(18-5-10)1-9-2-12(3-9)6-19(7-12)8-20/h4-5,8-9H,1-3,6-7H2. The summed E-state index contributed by atoms with van der Waals surface area (Å²) in [6, 6.07) is 0. The van der Waals surface area contributed by atoms with Crippen molar-refractivity contribution in [1.29, 1.82) is 0 Å². The average Bonchev–Trinajstić information content (AvgIpc) is 2.30. The van der Waals surface area contributed by atoms with Crippen LogP contribution in [-0.2, 0) is 17.4 Å². The number of likely N-dealkylation sites (tertiary alicyclic amines) is 1. The predicted molar refractivity (Wildman–Crippen MR) is 63.5 cm³/mol. The van der Waals surface area contributed by atoms with Crippen molar-refractivity contribution in [3.8, 4) is 0 Å². The van der Waals surface area contributed by atoms with Crippen LogP contribution in [0.15, 0.2) is 12.4 Å². The topological polar surface area (TPSA) is 46.1 Å². The molecule has 0 aromatic carbocycles. The van der Waals surface area contributed by atoms with Crippen molar-refractivity contribution in [2.24, 2.45) is 11.3 Å². The summed E-state index contributed by atoms with van der Waals surface area (Å²) in [7, 11) is 0. The van der Waals surface area contributed by atoms with Gasteiger partial charge in [-0.25, -0.2) is 9.97 Å². The molecule has 1 aromatic rings. The summed E-state index contributed by atoms with van der Waals surface area (Å²) in [5, 5.41) is 0. The Kier molecular flexibility index (Phi) is 2.95. The van der Waals surface area contributed by atoms with Gasteiger partial charge in [-0.2, -0.15) is 13.2 Å². The maximum absolute atomic E-state index is 12.4. The number of alkyl halides is 3. The first-order valence-corrected chi connectivity index (χ1v) is 6.48. The molecule has 1 aliphatic heterocycles. The van der Waals surface area contributed by atoms with Crippen LogP contribution in [0.25, 0.3) is 0 Å². The van der Waals surface area contributed by atoms with E-state index < -0.39 is 11.7 Å². The monoisotopic (exact) mass is 285 g/mol. The fourth-order valence-corrected chi connectivity index (χ4v) is 3.32. The van der Waals surface area contributed by atoms with Crippen LogP contribution in [0.2, 0.25) is 0 Å². The van der Waals surface area contributed by atoms with E-state index in [9.17, 15) is 18.0 Å². The summed E-state index contributed by atoms with van der Waals surface area (Å²) in [4.78, 5) is 19.8. The minimum atomic E-state index is -4.39. The third kappa shape index (κ3) is 2.36. The van der Waals surface area contributed by atoms with Crippen molar-refractivity contribution in [1.82, 2.24) is 14.9 Å². The number of aromatic nitrogens is 2. The lowest BCUT2D eigenvalue weighted by atomic mass is 9.57. The summed E-state index contributed by atoms with van der Waals surface area (Å²) < 4.78 is 37.1. The fourth-order valence-electron chi connectivity index (χ4n) is 3.32. The number of carbonyl (C=O) groups is 1. The number of halogens is 3. The van der Waals surface area contributed by atoms with Gasteiger partial charge in [0.2, 0.25) is 6.41 Å². The molecule has 2 fully saturated rings. The van der Waals surface area contributed by atoms with Gasteiger partial charge in [0.15, 0.2) is 0 Å². The number of amides is 1. The van der Waals surface area contributed by atoms with Gasteiger partial charge in [0.1, 0.15) is 5.82 Å². The smallest absolute Gasteiger partial charge is 0.344 e. The molecule has 1 saturated heterocycles. The van der Waals surface area contributed by atoms with Gasteiger partial charge < -0.3 is 4.90 Å². The highest BCUT2D eigenvalue weighted by molar-refractivity contribution is 5.49. The second-order valence-electron chi connectivity index (χ2n) is 5.87. The average molecular weight is 285 g/mol. The number of rotatable bonds is 3. The molecule has 1 spiro atoms. The summed E-state index contributed by atoms with van der Waals surface area (Å²) in [6.07, 6.45) is 0.772. The summed E-state index contributed by atoms with van der Waals surface area (Å²) in [5.41, 5.74) is -0.552. The first-order valence-electron chi connectivity index (χ1n) is 6.48. The molecule has 20 heavy (non-hydrogen) atoms. The molecular weight excluding hydrogens is 271 g/mol. The maximum Gasteiger partial charge on any atom is 0.419 e. The van der Waals surface area contributed by atoms with Crippen molar-refractivity contribution in [3.05, 3.63) is 23.8 Å². The molecule has 1 amide bonds. The Bertz CT molecular complexity index is 501. The molecule has 2 heterocycles. The maximum atomic E-state index is 12.4. The molecule has 1 aliphatic carbocycles. The van der Waals surface area contributed by atoms with Crippen LogP contribution in [-0.4, -0.2) is 34.4 Å². The molecule has 3 rings (SSSR count). The van der Waals surface area contributed by atoms with Crippen LogP contribution in [0, 0.1) is 11.3 Å². The molecule has 1 aromatic heterocycles. The van der Waals surface area contributed by atoms with E-state index in [2.05, 4.69) is 9.97 Å². The van der Waals surface area contributed by atoms with Crippen LogP contribution in [0.3, 0.4) is 0 Å². The Morgan fingerprint density at radius 3 is 2.40 bits per heavy atom. The molecule has 0 radical (unpaired) electrons. The Morgan fingerprint density at radius 2 is 1.90 bits per heavy atom. The molecule has 2 aliphatic rings. The summed E-state index contributed by atoms with van der Waals surface area (Å²) in [6.45, 7) is 1.61. The molecule has 0 N–H and O–H groups in total. The third-order valence-electron chi connectivity index (χ3n) is 4.17. The van der Waals surface area contributed by atoms with E-state index in [1.165, 1.54) is 0 Å². The highest BCUT2D eigenvalue weighted by atomic mass is 19.4. The van der Waals surface area contributed by atoms with Gasteiger partial charge in [-0.1, -0.05) is 0 Å². The van der Waals surface area contributed by atoms with Gasteiger partial charge in [-0.15, -0.1) is 0 Å². The van der Waals surface area contributed by atoms with Gasteiger partial charge >= 0.3 is 6.18 Å². The van der Waals surface area contributed by atoms with Gasteiger partial charge in [-0.3, -0.25) is 4.79 Å². The Hall–Kier alpha value is -1.66. The van der Waals surface area contributed by atoms with E-state index in [4.69, 9.17) is 0 Å². The molecular formula is C13H14F3N3O. The SMILES string of the molecule is O=CN1CC2(CC(Cc3ncc(C(F)(F)F)cn3)C2)C1. The van der Waals surface area contributed by atoms with Gasteiger partial charge in [0.25, 0.3) is 0 Å². The van der Waals surface area contributed by atoms with Crippen molar-refractivity contribution >= 4 is 6.41 Å². The minimum absolute atomic E-state index is 0.261. The zero-order chi connectivity index (χ0) is 14.4. The molecule has 0 atom stereocenters. The van der Waals surface area contributed by atoms with Gasteiger partial charge in [-0.05, 0) is 18.8 Å².